The summed E-state index contributed by atoms with van der Waals surface area (Å²) in [6.45, 7) is 5.96. The van der Waals surface area contributed by atoms with Crippen molar-refractivity contribution in [3.05, 3.63) is 11.3 Å². The fraction of sp³-hybridized carbons (Fsp3) is 0.765. The quantitative estimate of drug-likeness (QED) is 0.768. The van der Waals surface area contributed by atoms with Crippen molar-refractivity contribution in [2.75, 3.05) is 0 Å². The van der Waals surface area contributed by atoms with Gasteiger partial charge in [0, 0.05) is 19.1 Å². The van der Waals surface area contributed by atoms with Gasteiger partial charge in [0.25, 0.3) is 0 Å². The Labute approximate surface area is 122 Å². The van der Waals surface area contributed by atoms with Gasteiger partial charge < -0.3 is 5.11 Å². The Balaban J connectivity index is 2.08. The second-order valence-electron chi connectivity index (χ2n) is 7.28. The van der Waals surface area contributed by atoms with Gasteiger partial charge in [0.1, 0.15) is 5.76 Å². The van der Waals surface area contributed by atoms with Crippen molar-refractivity contribution >= 4 is 12.0 Å². The van der Waals surface area contributed by atoms with Crippen LogP contribution in [-0.2, 0) is 4.79 Å². The van der Waals surface area contributed by atoms with Gasteiger partial charge in [0.2, 0.25) is 0 Å². The number of aliphatic imine (C=N–C) groups is 1. The van der Waals surface area contributed by atoms with Crippen LogP contribution in [0.15, 0.2) is 16.3 Å². The normalized spacial score (nSPS) is 26.6. The first-order chi connectivity index (χ1) is 9.37. The summed E-state index contributed by atoms with van der Waals surface area (Å²) in [5.41, 5.74) is 0.223. The summed E-state index contributed by atoms with van der Waals surface area (Å²) in [6.07, 6.45) is 9.13. The second kappa shape index (κ2) is 6.11. The van der Waals surface area contributed by atoms with Crippen LogP contribution < -0.4 is 0 Å². The predicted molar refractivity (Wildman–Crippen MR) is 82.2 cm³/mol. The zero-order chi connectivity index (χ0) is 14.8. The first kappa shape index (κ1) is 15.3. The molecule has 0 aromatic carbocycles. The minimum Gasteiger partial charge on any atom is -0.511 e. The van der Waals surface area contributed by atoms with Gasteiger partial charge in [0.05, 0.1) is 11.1 Å². The Morgan fingerprint density at radius 2 is 1.75 bits per heavy atom. The van der Waals surface area contributed by atoms with Gasteiger partial charge in [0.15, 0.2) is 5.78 Å². The third kappa shape index (κ3) is 3.94. The molecule has 20 heavy (non-hydrogen) atoms. The van der Waals surface area contributed by atoms with E-state index in [9.17, 15) is 9.90 Å². The molecule has 1 unspecified atom stereocenters. The van der Waals surface area contributed by atoms with E-state index in [2.05, 4.69) is 4.99 Å². The van der Waals surface area contributed by atoms with Crippen molar-refractivity contribution in [2.45, 2.75) is 71.3 Å². The van der Waals surface area contributed by atoms with Gasteiger partial charge in [-0.25, -0.2) is 0 Å². The summed E-state index contributed by atoms with van der Waals surface area (Å²) in [5.74, 6) is 1.28. The standard InChI is InChI=1S/C17H27NO2/c1-17(2,3)18-11-14-15(19)9-13(10-16(14)20)12-7-5-4-6-8-12/h11-13,19H,4-10H2,1-3H3. The molecule has 3 nitrogen and oxygen atoms in total. The maximum atomic E-state index is 12.3. The number of carbonyl (C=O) groups excluding carboxylic acids is 1. The lowest BCUT2D eigenvalue weighted by Gasteiger charge is -2.32. The Morgan fingerprint density at radius 1 is 1.10 bits per heavy atom. The van der Waals surface area contributed by atoms with Gasteiger partial charge in [-0.3, -0.25) is 9.79 Å². The molecule has 112 valence electrons. The summed E-state index contributed by atoms with van der Waals surface area (Å²) in [7, 11) is 0. The van der Waals surface area contributed by atoms with Crippen molar-refractivity contribution in [3.8, 4) is 0 Å². The van der Waals surface area contributed by atoms with Gasteiger partial charge in [-0.2, -0.15) is 0 Å². The molecular weight excluding hydrogens is 250 g/mol. The topological polar surface area (TPSA) is 49.7 Å². The van der Waals surface area contributed by atoms with E-state index in [0.717, 1.165) is 0 Å². The zero-order valence-electron chi connectivity index (χ0n) is 13.0. The highest BCUT2D eigenvalue weighted by molar-refractivity contribution is 6.14. The number of rotatable bonds is 2. The third-order valence-corrected chi connectivity index (χ3v) is 4.41. The number of hydrogen-bond donors (Lipinski definition) is 1. The van der Waals surface area contributed by atoms with Crippen molar-refractivity contribution < 1.29 is 9.90 Å². The summed E-state index contributed by atoms with van der Waals surface area (Å²) < 4.78 is 0. The van der Waals surface area contributed by atoms with Crippen LogP contribution in [0.5, 0.6) is 0 Å². The summed E-state index contributed by atoms with van der Waals surface area (Å²) in [6, 6.07) is 0. The first-order valence-corrected chi connectivity index (χ1v) is 7.87. The summed E-state index contributed by atoms with van der Waals surface area (Å²) in [5, 5.41) is 10.2. The molecule has 0 radical (unpaired) electrons. The Hall–Kier alpha value is -1.12. The molecule has 2 aliphatic rings. The summed E-state index contributed by atoms with van der Waals surface area (Å²) in [4.78, 5) is 16.6. The highest BCUT2D eigenvalue weighted by Crippen LogP contribution is 2.38. The molecule has 0 aliphatic heterocycles. The molecule has 1 atom stereocenters. The highest BCUT2D eigenvalue weighted by atomic mass is 16.3. The molecule has 0 heterocycles. The lowest BCUT2D eigenvalue weighted by molar-refractivity contribution is -0.117. The molecule has 0 bridgehead atoms. The molecule has 0 aromatic rings. The van der Waals surface area contributed by atoms with E-state index in [4.69, 9.17) is 0 Å². The van der Waals surface area contributed by atoms with Crippen molar-refractivity contribution in [3.63, 3.8) is 0 Å². The molecule has 3 heteroatoms. The Kier molecular flexibility index (Phi) is 4.66. The van der Waals surface area contributed by atoms with E-state index in [1.807, 2.05) is 20.8 Å². The van der Waals surface area contributed by atoms with Crippen LogP contribution in [0.4, 0.5) is 0 Å². The SMILES string of the molecule is CC(C)(C)N=CC1=C(O)CC(C2CCCCC2)CC1=O. The van der Waals surface area contributed by atoms with Gasteiger partial charge in [-0.1, -0.05) is 32.1 Å². The van der Waals surface area contributed by atoms with Crippen LogP contribution in [0.25, 0.3) is 0 Å². The fourth-order valence-corrected chi connectivity index (χ4v) is 3.28. The predicted octanol–water partition coefficient (Wildman–Crippen LogP) is 4.23. The van der Waals surface area contributed by atoms with Crippen molar-refractivity contribution in [2.24, 2.45) is 16.8 Å². The Bertz CT molecular complexity index is 423. The molecule has 2 aliphatic carbocycles. The van der Waals surface area contributed by atoms with Crippen LogP contribution in [0, 0.1) is 11.8 Å². The first-order valence-electron chi connectivity index (χ1n) is 7.87. The van der Waals surface area contributed by atoms with E-state index in [1.165, 1.54) is 32.1 Å². The molecule has 2 rings (SSSR count). The number of carbonyl (C=O) groups is 1. The smallest absolute Gasteiger partial charge is 0.168 e. The Morgan fingerprint density at radius 3 is 2.30 bits per heavy atom. The van der Waals surface area contributed by atoms with Gasteiger partial charge in [-0.05, 0) is 32.6 Å². The minimum absolute atomic E-state index is 0.0670. The van der Waals surface area contributed by atoms with Gasteiger partial charge in [-0.15, -0.1) is 0 Å². The monoisotopic (exact) mass is 277 g/mol. The molecule has 0 amide bonds. The molecule has 1 saturated carbocycles. The maximum absolute atomic E-state index is 12.3. The fourth-order valence-electron chi connectivity index (χ4n) is 3.28. The minimum atomic E-state index is -0.215. The van der Waals surface area contributed by atoms with Crippen molar-refractivity contribution in [1.29, 1.82) is 0 Å². The lowest BCUT2D eigenvalue weighted by atomic mass is 9.73. The lowest BCUT2D eigenvalue weighted by Crippen LogP contribution is -2.27. The number of aliphatic hydroxyl groups is 1. The average molecular weight is 277 g/mol. The largest absolute Gasteiger partial charge is 0.511 e. The highest BCUT2D eigenvalue weighted by Gasteiger charge is 2.32. The summed E-state index contributed by atoms with van der Waals surface area (Å²) >= 11 is 0. The van der Waals surface area contributed by atoms with Crippen LogP contribution in [-0.4, -0.2) is 22.6 Å². The van der Waals surface area contributed by atoms with Crippen LogP contribution in [0.1, 0.15) is 65.7 Å². The van der Waals surface area contributed by atoms with E-state index < -0.39 is 0 Å². The van der Waals surface area contributed by atoms with E-state index in [1.54, 1.807) is 6.21 Å². The van der Waals surface area contributed by atoms with Gasteiger partial charge >= 0.3 is 0 Å². The molecule has 1 N–H and O–H groups in total. The number of aliphatic hydroxyl groups excluding tert-OH is 1. The molecule has 1 fully saturated rings. The van der Waals surface area contributed by atoms with E-state index in [0.29, 0.717) is 30.3 Å². The van der Waals surface area contributed by atoms with E-state index >= 15 is 0 Å². The number of allylic oxidation sites excluding steroid dienone is 2. The molecule has 0 aromatic heterocycles. The third-order valence-electron chi connectivity index (χ3n) is 4.41. The van der Waals surface area contributed by atoms with Crippen LogP contribution in [0.3, 0.4) is 0 Å². The number of ketones is 1. The number of nitrogens with zero attached hydrogens (tertiary/aromatic N) is 1. The maximum Gasteiger partial charge on any atom is 0.168 e. The van der Waals surface area contributed by atoms with E-state index in [-0.39, 0.29) is 17.1 Å². The second-order valence-corrected chi connectivity index (χ2v) is 7.28. The molecular formula is C17H27NO2. The zero-order valence-corrected chi connectivity index (χ0v) is 13.0. The molecule has 0 saturated heterocycles. The molecule has 0 spiro atoms. The van der Waals surface area contributed by atoms with Crippen molar-refractivity contribution in [1.82, 2.24) is 0 Å². The van der Waals surface area contributed by atoms with Crippen LogP contribution >= 0.6 is 0 Å². The number of hydrogen-bond acceptors (Lipinski definition) is 3. The van der Waals surface area contributed by atoms with Crippen LogP contribution in [0.2, 0.25) is 0 Å². The number of Topliss-reactive ketones (excluding diaryl/α,β-unsaturated/α-hetero) is 1. The average Bonchev–Trinajstić information content (AvgIpc) is 2.37.